The number of carbonyl (C=O) groups is 2. The predicted molar refractivity (Wildman–Crippen MR) is 75.3 cm³/mol. The highest BCUT2D eigenvalue weighted by Gasteiger charge is 2.13. The summed E-state index contributed by atoms with van der Waals surface area (Å²) in [6.45, 7) is 4.98. The van der Waals surface area contributed by atoms with E-state index in [4.69, 9.17) is 9.47 Å². The molecule has 116 valence electrons. The average Bonchev–Trinajstić information content (AvgIpc) is 2.44. The molecule has 5 nitrogen and oxygen atoms in total. The van der Waals surface area contributed by atoms with Gasteiger partial charge in [0.25, 0.3) is 5.91 Å². The van der Waals surface area contributed by atoms with Crippen molar-refractivity contribution in [2.75, 3.05) is 13.2 Å². The number of halogens is 1. The van der Waals surface area contributed by atoms with Crippen LogP contribution in [0.15, 0.2) is 24.3 Å². The predicted octanol–water partition coefficient (Wildman–Crippen LogP) is 1.91. The molecule has 0 aromatic heterocycles. The molecule has 0 saturated heterocycles. The van der Waals surface area contributed by atoms with E-state index < -0.39 is 18.4 Å². The van der Waals surface area contributed by atoms with Crippen molar-refractivity contribution in [3.05, 3.63) is 30.1 Å². The molecule has 0 unspecified atom stereocenters. The van der Waals surface area contributed by atoms with Crippen LogP contribution in [-0.4, -0.2) is 31.1 Å². The fourth-order valence-corrected chi connectivity index (χ4v) is 1.35. The Balaban J connectivity index is 2.28. The van der Waals surface area contributed by atoms with Gasteiger partial charge in [0.2, 0.25) is 0 Å². The molecule has 6 heteroatoms. The molecule has 21 heavy (non-hydrogen) atoms. The smallest absolute Gasteiger partial charge is 0.344 e. The molecule has 1 aromatic carbocycles. The summed E-state index contributed by atoms with van der Waals surface area (Å²) in [5, 5.41) is 2.70. The number of benzene rings is 1. The summed E-state index contributed by atoms with van der Waals surface area (Å²) >= 11 is 0. The Bertz CT molecular complexity index is 490. The van der Waals surface area contributed by atoms with Crippen LogP contribution in [0.2, 0.25) is 0 Å². The summed E-state index contributed by atoms with van der Waals surface area (Å²) in [6, 6.07) is 5.72. The van der Waals surface area contributed by atoms with Gasteiger partial charge in [-0.1, -0.05) is 26.0 Å². The zero-order chi connectivity index (χ0) is 15.8. The molecule has 0 fully saturated rings. The lowest BCUT2D eigenvalue weighted by Crippen LogP contribution is -2.39. The normalized spacial score (nSPS) is 11.9. The summed E-state index contributed by atoms with van der Waals surface area (Å²) in [5.74, 6) is -1.42. The molecule has 0 bridgehead atoms. The van der Waals surface area contributed by atoms with Crippen LogP contribution in [0.5, 0.6) is 5.75 Å². The van der Waals surface area contributed by atoms with Crippen LogP contribution < -0.4 is 10.1 Å². The van der Waals surface area contributed by atoms with Gasteiger partial charge in [0.1, 0.15) is 0 Å². The van der Waals surface area contributed by atoms with Crippen LogP contribution in [0.4, 0.5) is 4.39 Å². The Hall–Kier alpha value is -2.11. The van der Waals surface area contributed by atoms with Crippen LogP contribution in [0, 0.1) is 11.7 Å². The number of esters is 1. The first-order chi connectivity index (χ1) is 9.90. The van der Waals surface area contributed by atoms with Gasteiger partial charge in [-0.25, -0.2) is 9.18 Å². The minimum atomic E-state index is -0.731. The van der Waals surface area contributed by atoms with E-state index in [2.05, 4.69) is 5.32 Å². The SMILES string of the molecule is CC(C)[C@H](C)NC(=O)COC(=O)COc1ccccc1F. The van der Waals surface area contributed by atoms with Crippen molar-refractivity contribution < 1.29 is 23.5 Å². The van der Waals surface area contributed by atoms with Gasteiger partial charge in [-0.3, -0.25) is 4.79 Å². The van der Waals surface area contributed by atoms with E-state index in [1.807, 2.05) is 20.8 Å². The first kappa shape index (κ1) is 16.9. The third-order valence-electron chi connectivity index (χ3n) is 2.94. The Labute approximate surface area is 123 Å². The molecule has 0 saturated carbocycles. The van der Waals surface area contributed by atoms with Gasteiger partial charge in [0.05, 0.1) is 0 Å². The van der Waals surface area contributed by atoms with Gasteiger partial charge in [0.15, 0.2) is 24.8 Å². The number of para-hydroxylation sites is 1. The largest absolute Gasteiger partial charge is 0.479 e. The van der Waals surface area contributed by atoms with Crippen LogP contribution in [0.1, 0.15) is 20.8 Å². The molecule has 0 aliphatic heterocycles. The molecule has 0 radical (unpaired) electrons. The molecule has 1 amide bonds. The lowest BCUT2D eigenvalue weighted by Gasteiger charge is -2.17. The van der Waals surface area contributed by atoms with Crippen molar-refractivity contribution in [3.63, 3.8) is 0 Å². The van der Waals surface area contributed by atoms with E-state index in [1.165, 1.54) is 18.2 Å². The summed E-state index contributed by atoms with van der Waals surface area (Å²) in [5.41, 5.74) is 0. The Morgan fingerprint density at radius 3 is 2.48 bits per heavy atom. The lowest BCUT2D eigenvalue weighted by molar-refractivity contribution is -0.150. The Morgan fingerprint density at radius 1 is 1.19 bits per heavy atom. The highest BCUT2D eigenvalue weighted by atomic mass is 19.1. The minimum absolute atomic E-state index is 0.00846. The van der Waals surface area contributed by atoms with Crippen molar-refractivity contribution in [1.82, 2.24) is 5.32 Å². The highest BCUT2D eigenvalue weighted by molar-refractivity contribution is 5.81. The maximum Gasteiger partial charge on any atom is 0.344 e. The van der Waals surface area contributed by atoms with E-state index in [0.717, 1.165) is 0 Å². The number of amides is 1. The van der Waals surface area contributed by atoms with E-state index >= 15 is 0 Å². The minimum Gasteiger partial charge on any atom is -0.479 e. The van der Waals surface area contributed by atoms with Crippen molar-refractivity contribution in [3.8, 4) is 5.75 Å². The zero-order valence-corrected chi connectivity index (χ0v) is 12.4. The van der Waals surface area contributed by atoms with Gasteiger partial charge in [0, 0.05) is 6.04 Å². The number of carbonyl (C=O) groups excluding carboxylic acids is 2. The fourth-order valence-electron chi connectivity index (χ4n) is 1.35. The van der Waals surface area contributed by atoms with E-state index in [0.29, 0.717) is 0 Å². The van der Waals surface area contributed by atoms with E-state index in [1.54, 1.807) is 6.07 Å². The summed E-state index contributed by atoms with van der Waals surface area (Å²) in [4.78, 5) is 22.9. The quantitative estimate of drug-likeness (QED) is 0.781. The number of nitrogens with one attached hydrogen (secondary N) is 1. The molecular formula is C15H20FNO4. The standard InChI is InChI=1S/C15H20FNO4/c1-10(2)11(3)17-14(18)8-21-15(19)9-20-13-7-5-4-6-12(13)16/h4-7,10-11H,8-9H2,1-3H3,(H,17,18)/t11-/m0/s1. The second-order valence-electron chi connectivity index (χ2n) is 4.98. The second-order valence-corrected chi connectivity index (χ2v) is 4.98. The zero-order valence-electron chi connectivity index (χ0n) is 12.4. The lowest BCUT2D eigenvalue weighted by atomic mass is 10.1. The van der Waals surface area contributed by atoms with E-state index in [-0.39, 0.29) is 30.2 Å². The number of hydrogen-bond acceptors (Lipinski definition) is 4. The summed E-state index contributed by atoms with van der Waals surface area (Å²) in [7, 11) is 0. The molecule has 0 aliphatic rings. The Kier molecular flexibility index (Phi) is 6.65. The maximum atomic E-state index is 13.2. The second kappa shape index (κ2) is 8.24. The Morgan fingerprint density at radius 2 is 1.86 bits per heavy atom. The maximum absolute atomic E-state index is 13.2. The molecule has 1 atom stereocenters. The molecule has 1 rings (SSSR count). The topological polar surface area (TPSA) is 64.6 Å². The van der Waals surface area contributed by atoms with Gasteiger partial charge < -0.3 is 14.8 Å². The molecule has 0 spiro atoms. The summed E-state index contributed by atoms with van der Waals surface area (Å²) < 4.78 is 22.9. The average molecular weight is 297 g/mol. The van der Waals surface area contributed by atoms with Gasteiger partial charge in [-0.2, -0.15) is 0 Å². The first-order valence-electron chi connectivity index (χ1n) is 6.72. The van der Waals surface area contributed by atoms with Gasteiger partial charge in [-0.05, 0) is 25.0 Å². The van der Waals surface area contributed by atoms with Crippen molar-refractivity contribution >= 4 is 11.9 Å². The first-order valence-corrected chi connectivity index (χ1v) is 6.72. The van der Waals surface area contributed by atoms with Crippen LogP contribution >= 0.6 is 0 Å². The number of ether oxygens (including phenoxy) is 2. The molecule has 1 N–H and O–H groups in total. The van der Waals surface area contributed by atoms with Crippen LogP contribution in [0.25, 0.3) is 0 Å². The van der Waals surface area contributed by atoms with Crippen molar-refractivity contribution in [2.24, 2.45) is 5.92 Å². The van der Waals surface area contributed by atoms with Crippen LogP contribution in [-0.2, 0) is 14.3 Å². The van der Waals surface area contributed by atoms with E-state index in [9.17, 15) is 14.0 Å². The number of rotatable bonds is 7. The molecule has 1 aromatic rings. The highest BCUT2D eigenvalue weighted by Crippen LogP contribution is 2.14. The third-order valence-corrected chi connectivity index (χ3v) is 2.94. The molecular weight excluding hydrogens is 277 g/mol. The summed E-state index contributed by atoms with van der Waals surface area (Å²) in [6.07, 6.45) is 0. The molecule has 0 aliphatic carbocycles. The van der Waals surface area contributed by atoms with Crippen LogP contribution in [0.3, 0.4) is 0 Å². The third kappa shape index (κ3) is 6.25. The van der Waals surface area contributed by atoms with Gasteiger partial charge in [-0.15, -0.1) is 0 Å². The van der Waals surface area contributed by atoms with Gasteiger partial charge >= 0.3 is 5.97 Å². The molecule has 0 heterocycles. The van der Waals surface area contributed by atoms with Crippen molar-refractivity contribution in [1.29, 1.82) is 0 Å². The van der Waals surface area contributed by atoms with Crippen molar-refractivity contribution in [2.45, 2.75) is 26.8 Å². The number of hydrogen-bond donors (Lipinski definition) is 1. The fraction of sp³-hybridized carbons (Fsp3) is 0.467. The monoisotopic (exact) mass is 297 g/mol.